The van der Waals surface area contributed by atoms with Crippen molar-refractivity contribution in [3.8, 4) is 0 Å². The molecule has 20 heavy (non-hydrogen) atoms. The molecule has 0 radical (unpaired) electrons. The van der Waals surface area contributed by atoms with Crippen LogP contribution in [0.3, 0.4) is 0 Å². The van der Waals surface area contributed by atoms with E-state index < -0.39 is 54.3 Å². The normalized spacial score (nSPS) is 25.4. The maximum atomic E-state index is 12.1. The van der Waals surface area contributed by atoms with E-state index >= 15 is 0 Å². The van der Waals surface area contributed by atoms with Gasteiger partial charge >= 0.3 is 5.97 Å². The molecule has 0 amide bonds. The summed E-state index contributed by atoms with van der Waals surface area (Å²) in [6.45, 7) is -0.623. The molecule has 0 saturated carbocycles. The molecule has 9 nitrogen and oxygen atoms in total. The zero-order valence-corrected chi connectivity index (χ0v) is 10.6. The molecule has 0 aliphatic carbocycles. The van der Waals surface area contributed by atoms with Gasteiger partial charge in [0.1, 0.15) is 12.2 Å². The van der Waals surface area contributed by atoms with Gasteiger partial charge in [0.2, 0.25) is 17.3 Å². The molecule has 0 bridgehead atoms. The van der Waals surface area contributed by atoms with Crippen molar-refractivity contribution >= 4 is 11.8 Å². The molecule has 1 aliphatic heterocycles. The van der Waals surface area contributed by atoms with E-state index in [1.54, 1.807) is 0 Å². The molecule has 9 heteroatoms. The summed E-state index contributed by atoms with van der Waals surface area (Å²) in [6.07, 6.45) is -3.98. The summed E-state index contributed by atoms with van der Waals surface area (Å²) in [5, 5.41) is 46.6. The molecular formula is C11H16O9. The molecule has 0 saturated heterocycles. The van der Waals surface area contributed by atoms with Crippen LogP contribution < -0.4 is 0 Å². The van der Waals surface area contributed by atoms with Crippen molar-refractivity contribution in [3.63, 3.8) is 0 Å². The van der Waals surface area contributed by atoms with Gasteiger partial charge in [-0.05, 0) is 6.92 Å². The molecule has 3 atom stereocenters. The molecular weight excluding hydrogens is 276 g/mol. The minimum Gasteiger partial charge on any atom is -0.499 e. The maximum absolute atomic E-state index is 12.1. The Hall–Kier alpha value is -1.68. The molecule has 0 aromatic carbocycles. The number of carbonyl (C=O) groups excluding carboxylic acids is 2. The molecule has 1 heterocycles. The topological polar surface area (TPSA) is 154 Å². The van der Waals surface area contributed by atoms with Crippen LogP contribution in [0.5, 0.6) is 0 Å². The van der Waals surface area contributed by atoms with Crippen LogP contribution in [0.25, 0.3) is 0 Å². The van der Waals surface area contributed by atoms with Crippen molar-refractivity contribution in [2.24, 2.45) is 0 Å². The Morgan fingerprint density at radius 2 is 1.95 bits per heavy atom. The Balaban J connectivity index is 3.39. The number of aliphatic hydroxyl groups is 5. The average molecular weight is 292 g/mol. The van der Waals surface area contributed by atoms with Crippen molar-refractivity contribution < 1.29 is 44.6 Å². The first kappa shape index (κ1) is 16.4. The van der Waals surface area contributed by atoms with Crippen LogP contribution in [-0.2, 0) is 19.1 Å². The number of cyclic esters (lactones) is 1. The van der Waals surface area contributed by atoms with Gasteiger partial charge in [-0.3, -0.25) is 4.79 Å². The highest BCUT2D eigenvalue weighted by Crippen LogP contribution is 2.37. The zero-order chi connectivity index (χ0) is 15.5. The Labute approximate surface area is 113 Å². The number of hydrogen-bond donors (Lipinski definition) is 5. The van der Waals surface area contributed by atoms with Gasteiger partial charge in [-0.25, -0.2) is 4.79 Å². The number of aliphatic hydroxyl groups excluding tert-OH is 5. The second-order valence-corrected chi connectivity index (χ2v) is 4.00. The van der Waals surface area contributed by atoms with Gasteiger partial charge < -0.3 is 35.0 Å². The molecule has 1 unspecified atom stereocenters. The van der Waals surface area contributed by atoms with Gasteiger partial charge in [-0.2, -0.15) is 0 Å². The third-order valence-corrected chi connectivity index (χ3v) is 2.77. The van der Waals surface area contributed by atoms with Gasteiger partial charge in [0.15, 0.2) is 0 Å². The second kappa shape index (κ2) is 6.18. The van der Waals surface area contributed by atoms with Crippen molar-refractivity contribution in [1.82, 2.24) is 0 Å². The predicted octanol–water partition coefficient (Wildman–Crippen LogP) is -2.64. The summed E-state index contributed by atoms with van der Waals surface area (Å²) in [6, 6.07) is 0. The van der Waals surface area contributed by atoms with E-state index in [0.29, 0.717) is 0 Å². The lowest BCUT2D eigenvalue weighted by Crippen LogP contribution is -2.58. The summed E-state index contributed by atoms with van der Waals surface area (Å²) >= 11 is 0. The Bertz CT molecular complexity index is 430. The number of ketones is 1. The van der Waals surface area contributed by atoms with Crippen LogP contribution in [-0.4, -0.2) is 74.9 Å². The lowest BCUT2D eigenvalue weighted by Gasteiger charge is -2.32. The van der Waals surface area contributed by atoms with Crippen molar-refractivity contribution in [3.05, 3.63) is 11.5 Å². The van der Waals surface area contributed by atoms with Crippen LogP contribution in [0.15, 0.2) is 11.5 Å². The van der Waals surface area contributed by atoms with E-state index in [1.807, 2.05) is 0 Å². The smallest absolute Gasteiger partial charge is 0.378 e. The van der Waals surface area contributed by atoms with Crippen LogP contribution >= 0.6 is 0 Å². The maximum Gasteiger partial charge on any atom is 0.378 e. The summed E-state index contributed by atoms with van der Waals surface area (Å²) in [4.78, 5) is 23.5. The molecule has 0 spiro atoms. The van der Waals surface area contributed by atoms with Crippen LogP contribution in [0.2, 0.25) is 0 Å². The Morgan fingerprint density at radius 3 is 2.40 bits per heavy atom. The lowest BCUT2D eigenvalue weighted by molar-refractivity contribution is -0.179. The molecule has 0 aromatic heterocycles. The first-order valence-corrected chi connectivity index (χ1v) is 5.78. The summed E-state index contributed by atoms with van der Waals surface area (Å²) in [5.41, 5.74) is -2.59. The average Bonchev–Trinajstić information content (AvgIpc) is 2.70. The molecule has 5 N–H and O–H groups in total. The highest BCUT2D eigenvalue weighted by Gasteiger charge is 2.61. The summed E-state index contributed by atoms with van der Waals surface area (Å²) < 4.78 is 9.58. The van der Waals surface area contributed by atoms with Crippen LogP contribution in [0, 0.1) is 0 Å². The van der Waals surface area contributed by atoms with Gasteiger partial charge in [-0.1, -0.05) is 0 Å². The minimum atomic E-state index is -2.59. The predicted molar refractivity (Wildman–Crippen MR) is 61.3 cm³/mol. The number of esters is 1. The van der Waals surface area contributed by atoms with Gasteiger partial charge in [0.05, 0.1) is 19.8 Å². The summed E-state index contributed by atoms with van der Waals surface area (Å²) in [7, 11) is 0. The molecule has 0 aromatic rings. The number of rotatable bonds is 7. The third-order valence-electron chi connectivity index (χ3n) is 2.77. The quantitative estimate of drug-likeness (QED) is 0.317. The number of Topliss-reactive ketones (excluding diaryl/α,β-unsaturated/α-hetero) is 1. The highest BCUT2D eigenvalue weighted by molar-refractivity contribution is 6.03. The van der Waals surface area contributed by atoms with Crippen LogP contribution in [0.1, 0.15) is 6.92 Å². The van der Waals surface area contributed by atoms with E-state index in [4.69, 9.17) is 14.9 Å². The van der Waals surface area contributed by atoms with Crippen LogP contribution in [0.4, 0.5) is 0 Å². The summed E-state index contributed by atoms with van der Waals surface area (Å²) in [5.74, 6) is -4.41. The second-order valence-electron chi connectivity index (χ2n) is 4.00. The molecule has 0 fully saturated rings. The van der Waals surface area contributed by atoms with Crippen molar-refractivity contribution in [2.75, 3.05) is 19.8 Å². The van der Waals surface area contributed by atoms with E-state index in [9.17, 15) is 24.9 Å². The monoisotopic (exact) mass is 292 g/mol. The highest BCUT2D eigenvalue weighted by atomic mass is 16.6. The molecule has 114 valence electrons. The van der Waals surface area contributed by atoms with Gasteiger partial charge in [0, 0.05) is 0 Å². The first-order valence-electron chi connectivity index (χ1n) is 5.78. The molecule has 1 rings (SSSR count). The first-order chi connectivity index (χ1) is 9.36. The fourth-order valence-corrected chi connectivity index (χ4v) is 1.83. The van der Waals surface area contributed by atoms with Crippen molar-refractivity contribution in [1.29, 1.82) is 0 Å². The minimum absolute atomic E-state index is 0.0849. The number of ether oxygens (including phenoxy) is 2. The Kier molecular flexibility index (Phi) is 5.06. The van der Waals surface area contributed by atoms with E-state index in [0.717, 1.165) is 0 Å². The fraction of sp³-hybridized carbons (Fsp3) is 0.636. The van der Waals surface area contributed by atoms with Crippen molar-refractivity contribution in [2.45, 2.75) is 24.7 Å². The zero-order valence-electron chi connectivity index (χ0n) is 10.6. The third kappa shape index (κ3) is 2.36. The van der Waals surface area contributed by atoms with E-state index in [-0.39, 0.29) is 6.61 Å². The largest absolute Gasteiger partial charge is 0.499 e. The van der Waals surface area contributed by atoms with E-state index in [1.165, 1.54) is 6.92 Å². The SMILES string of the molecule is CCOC1=C(O)C(=O)O[C@]1(C(=O)C(O)CO)[C@@H](O)CO. The number of carbonyl (C=O) groups is 2. The van der Waals surface area contributed by atoms with E-state index in [2.05, 4.69) is 4.74 Å². The number of hydrogen-bond acceptors (Lipinski definition) is 9. The standard InChI is InChI=1S/C11H16O9/c1-2-19-9-7(16)10(18)20-11(9,6(15)4-13)8(17)5(14)3-12/h5-6,12-16H,2-4H2,1H3/t5?,6-,11-/m0/s1. The van der Waals surface area contributed by atoms with Gasteiger partial charge in [-0.15, -0.1) is 0 Å². The lowest BCUT2D eigenvalue weighted by atomic mass is 9.87. The molecule has 1 aliphatic rings. The van der Waals surface area contributed by atoms with Gasteiger partial charge in [0.25, 0.3) is 5.60 Å². The fourth-order valence-electron chi connectivity index (χ4n) is 1.83. The Morgan fingerprint density at radius 1 is 1.35 bits per heavy atom.